The van der Waals surface area contributed by atoms with E-state index in [1.54, 1.807) is 19.1 Å². The van der Waals surface area contributed by atoms with Crippen molar-refractivity contribution in [2.24, 2.45) is 0 Å². The normalized spacial score (nSPS) is 10.8. The fourth-order valence-corrected chi connectivity index (χ4v) is 1.41. The van der Waals surface area contributed by atoms with Gasteiger partial charge in [-0.1, -0.05) is 18.2 Å². The Balaban J connectivity index is 2.21. The first-order valence-corrected chi connectivity index (χ1v) is 5.92. The number of phenolic OH excluding ortho intramolecular Hbond substituents is 1. The summed E-state index contributed by atoms with van der Waals surface area (Å²) in [5, 5.41) is 12.7. The maximum Gasteiger partial charge on any atom is 0.330 e. The van der Waals surface area contributed by atoms with Gasteiger partial charge >= 0.3 is 5.97 Å². The third kappa shape index (κ3) is 5.01. The number of hydrogen-bond donors (Lipinski definition) is 2. The Kier molecular flexibility index (Phi) is 5.94. The van der Waals surface area contributed by atoms with Crippen LogP contribution in [0.3, 0.4) is 0 Å². The molecule has 0 aliphatic rings. The highest BCUT2D eigenvalue weighted by Gasteiger charge is 1.99. The number of ether oxygens (including phenoxy) is 1. The second-order valence-corrected chi connectivity index (χ2v) is 3.97. The lowest BCUT2D eigenvalue weighted by Gasteiger charge is -2.06. The first-order valence-electron chi connectivity index (χ1n) is 5.92. The van der Waals surface area contributed by atoms with Gasteiger partial charge in [0.25, 0.3) is 0 Å². The quantitative estimate of drug-likeness (QED) is 0.459. The molecule has 2 N–H and O–H groups in total. The van der Waals surface area contributed by atoms with Crippen molar-refractivity contribution in [3.8, 4) is 5.75 Å². The zero-order valence-electron chi connectivity index (χ0n) is 10.8. The summed E-state index contributed by atoms with van der Waals surface area (Å²) >= 11 is 0. The molecule has 0 saturated heterocycles. The number of phenols is 1. The maximum absolute atomic E-state index is 11.0. The minimum Gasteiger partial charge on any atom is -0.508 e. The lowest BCUT2D eigenvalue weighted by Crippen LogP contribution is -2.20. The molecule has 0 aliphatic heterocycles. The van der Waals surface area contributed by atoms with Crippen molar-refractivity contribution in [2.75, 3.05) is 13.2 Å². The Morgan fingerprint density at radius 1 is 1.50 bits per heavy atom. The predicted octanol–water partition coefficient (Wildman–Crippen LogP) is 1.91. The molecule has 1 aromatic rings. The number of carbonyl (C=O) groups is 1. The van der Waals surface area contributed by atoms with Gasteiger partial charge in [0.2, 0.25) is 0 Å². The minimum absolute atomic E-state index is 0.300. The first kappa shape index (κ1) is 14.3. The second kappa shape index (κ2) is 7.50. The van der Waals surface area contributed by atoms with E-state index in [4.69, 9.17) is 4.74 Å². The predicted molar refractivity (Wildman–Crippen MR) is 70.3 cm³/mol. The lowest BCUT2D eigenvalue weighted by atomic mass is 10.1. The number of aryl methyl sites for hydroxylation is 1. The van der Waals surface area contributed by atoms with E-state index in [0.717, 1.165) is 11.1 Å². The molecule has 4 heteroatoms. The molecule has 1 rings (SSSR count). The van der Waals surface area contributed by atoms with E-state index in [1.807, 2.05) is 19.1 Å². The molecule has 0 fully saturated rings. The molecule has 0 amide bonds. The van der Waals surface area contributed by atoms with E-state index in [-0.39, 0.29) is 5.97 Å². The molecule has 18 heavy (non-hydrogen) atoms. The standard InChI is InChI=1S/C14H19NO3/c1-3-4-14(17)18-8-7-15-10-12-6-5-11(2)13(16)9-12/h3-6,9,15-16H,7-8,10H2,1-2H3/b4-3+. The largest absolute Gasteiger partial charge is 0.508 e. The van der Waals surface area contributed by atoms with Crippen LogP contribution in [0.5, 0.6) is 5.75 Å². The highest BCUT2D eigenvalue weighted by Crippen LogP contribution is 2.16. The summed E-state index contributed by atoms with van der Waals surface area (Å²) in [6.07, 6.45) is 3.03. The smallest absolute Gasteiger partial charge is 0.330 e. The van der Waals surface area contributed by atoms with Gasteiger partial charge in [-0.25, -0.2) is 4.79 Å². The van der Waals surface area contributed by atoms with Crippen molar-refractivity contribution in [1.82, 2.24) is 5.32 Å². The molecule has 0 atom stereocenters. The van der Waals surface area contributed by atoms with Crippen LogP contribution in [-0.2, 0) is 16.1 Å². The number of carbonyl (C=O) groups excluding carboxylic acids is 1. The van der Waals surface area contributed by atoms with Crippen LogP contribution in [0.1, 0.15) is 18.1 Å². The van der Waals surface area contributed by atoms with E-state index in [1.165, 1.54) is 6.08 Å². The summed E-state index contributed by atoms with van der Waals surface area (Å²) < 4.78 is 4.93. The molecule has 0 unspecified atom stereocenters. The molecule has 0 aliphatic carbocycles. The Labute approximate surface area is 107 Å². The molecule has 0 bridgehead atoms. The van der Waals surface area contributed by atoms with Crippen molar-refractivity contribution in [2.45, 2.75) is 20.4 Å². The monoisotopic (exact) mass is 249 g/mol. The van der Waals surface area contributed by atoms with Crippen LogP contribution in [0.25, 0.3) is 0 Å². The number of aromatic hydroxyl groups is 1. The number of allylic oxidation sites excluding steroid dienone is 1. The highest BCUT2D eigenvalue weighted by molar-refractivity contribution is 5.81. The van der Waals surface area contributed by atoms with Gasteiger partial charge in [0.1, 0.15) is 12.4 Å². The zero-order valence-corrected chi connectivity index (χ0v) is 10.8. The highest BCUT2D eigenvalue weighted by atomic mass is 16.5. The zero-order chi connectivity index (χ0) is 13.4. The number of esters is 1. The number of rotatable bonds is 6. The topological polar surface area (TPSA) is 58.6 Å². The SMILES string of the molecule is C/C=C/C(=O)OCCNCc1ccc(C)c(O)c1. The Hall–Kier alpha value is -1.81. The van der Waals surface area contributed by atoms with E-state index < -0.39 is 0 Å². The van der Waals surface area contributed by atoms with Crippen molar-refractivity contribution in [3.05, 3.63) is 41.5 Å². The summed E-state index contributed by atoms with van der Waals surface area (Å²) in [6.45, 7) is 5.17. The Bertz CT molecular complexity index is 427. The van der Waals surface area contributed by atoms with Gasteiger partial charge in [-0.3, -0.25) is 0 Å². The summed E-state index contributed by atoms with van der Waals surface area (Å²) in [4.78, 5) is 11.0. The second-order valence-electron chi connectivity index (χ2n) is 3.97. The molecule has 0 aromatic heterocycles. The minimum atomic E-state index is -0.327. The van der Waals surface area contributed by atoms with Gasteiger partial charge < -0.3 is 15.2 Å². The molecule has 0 radical (unpaired) electrons. The molecular formula is C14H19NO3. The molecule has 4 nitrogen and oxygen atoms in total. The van der Waals surface area contributed by atoms with Crippen LogP contribution in [0, 0.1) is 6.92 Å². The van der Waals surface area contributed by atoms with Crippen molar-refractivity contribution in [1.29, 1.82) is 0 Å². The molecule has 98 valence electrons. The van der Waals surface area contributed by atoms with Gasteiger partial charge in [-0.05, 0) is 31.0 Å². The third-order valence-corrected chi connectivity index (χ3v) is 2.43. The summed E-state index contributed by atoms with van der Waals surface area (Å²) in [7, 11) is 0. The number of nitrogens with one attached hydrogen (secondary N) is 1. The lowest BCUT2D eigenvalue weighted by molar-refractivity contribution is -0.137. The maximum atomic E-state index is 11.0. The Morgan fingerprint density at radius 3 is 2.94 bits per heavy atom. The fraction of sp³-hybridized carbons (Fsp3) is 0.357. The van der Waals surface area contributed by atoms with E-state index in [9.17, 15) is 9.90 Å². The summed E-state index contributed by atoms with van der Waals surface area (Å²) in [6, 6.07) is 5.56. The van der Waals surface area contributed by atoms with Crippen LogP contribution < -0.4 is 5.32 Å². The van der Waals surface area contributed by atoms with Gasteiger partial charge in [0.15, 0.2) is 0 Å². The van der Waals surface area contributed by atoms with Gasteiger partial charge in [0, 0.05) is 19.2 Å². The molecule has 0 saturated carbocycles. The van der Waals surface area contributed by atoms with E-state index in [2.05, 4.69) is 5.32 Å². The molecular weight excluding hydrogens is 230 g/mol. The fourth-order valence-electron chi connectivity index (χ4n) is 1.41. The van der Waals surface area contributed by atoms with Crippen LogP contribution in [0.4, 0.5) is 0 Å². The van der Waals surface area contributed by atoms with Crippen molar-refractivity contribution in [3.63, 3.8) is 0 Å². The van der Waals surface area contributed by atoms with Crippen LogP contribution in [0.2, 0.25) is 0 Å². The summed E-state index contributed by atoms with van der Waals surface area (Å²) in [5.74, 6) is -0.0268. The molecule has 0 heterocycles. The molecule has 1 aromatic carbocycles. The van der Waals surface area contributed by atoms with E-state index >= 15 is 0 Å². The molecule has 0 spiro atoms. The van der Waals surface area contributed by atoms with Crippen LogP contribution in [0.15, 0.2) is 30.4 Å². The Morgan fingerprint density at radius 2 is 2.28 bits per heavy atom. The third-order valence-electron chi connectivity index (χ3n) is 2.43. The average molecular weight is 249 g/mol. The van der Waals surface area contributed by atoms with E-state index in [0.29, 0.717) is 25.4 Å². The van der Waals surface area contributed by atoms with Crippen molar-refractivity contribution < 1.29 is 14.6 Å². The number of hydrogen-bond acceptors (Lipinski definition) is 4. The van der Waals surface area contributed by atoms with Gasteiger partial charge in [-0.15, -0.1) is 0 Å². The average Bonchev–Trinajstić information content (AvgIpc) is 2.33. The van der Waals surface area contributed by atoms with Crippen LogP contribution >= 0.6 is 0 Å². The number of benzene rings is 1. The first-order chi connectivity index (χ1) is 8.63. The van der Waals surface area contributed by atoms with Gasteiger partial charge in [-0.2, -0.15) is 0 Å². The van der Waals surface area contributed by atoms with Crippen molar-refractivity contribution >= 4 is 5.97 Å². The summed E-state index contributed by atoms with van der Waals surface area (Å²) in [5.41, 5.74) is 1.86. The van der Waals surface area contributed by atoms with Crippen LogP contribution in [-0.4, -0.2) is 24.2 Å². The van der Waals surface area contributed by atoms with Gasteiger partial charge in [0.05, 0.1) is 0 Å².